The van der Waals surface area contributed by atoms with Gasteiger partial charge in [0, 0.05) is 10.9 Å². The SMILES string of the molecule is CCCCCOC(=O)Cn1cnc2scc(-c3ccccc3)c2c1=O. The second-order valence-electron chi connectivity index (χ2n) is 5.80. The van der Waals surface area contributed by atoms with E-state index in [9.17, 15) is 9.59 Å². The van der Waals surface area contributed by atoms with E-state index in [4.69, 9.17) is 4.74 Å². The molecule has 6 heteroatoms. The summed E-state index contributed by atoms with van der Waals surface area (Å²) >= 11 is 1.43. The van der Waals surface area contributed by atoms with E-state index in [-0.39, 0.29) is 12.1 Å². The molecule has 0 aliphatic rings. The maximum Gasteiger partial charge on any atom is 0.326 e. The Kier molecular flexibility index (Phi) is 5.60. The van der Waals surface area contributed by atoms with Crippen LogP contribution in [0.25, 0.3) is 21.3 Å². The van der Waals surface area contributed by atoms with Crippen LogP contribution in [0.1, 0.15) is 26.2 Å². The zero-order valence-corrected chi connectivity index (χ0v) is 14.9. The van der Waals surface area contributed by atoms with Gasteiger partial charge in [0.25, 0.3) is 5.56 Å². The minimum atomic E-state index is -0.407. The van der Waals surface area contributed by atoms with Crippen LogP contribution in [-0.4, -0.2) is 22.1 Å². The molecule has 2 aromatic heterocycles. The quantitative estimate of drug-likeness (QED) is 0.476. The highest BCUT2D eigenvalue weighted by atomic mass is 32.1. The zero-order chi connectivity index (χ0) is 17.6. The number of nitrogens with zero attached hydrogens (tertiary/aromatic N) is 2. The molecule has 130 valence electrons. The van der Waals surface area contributed by atoms with Gasteiger partial charge in [-0.1, -0.05) is 50.1 Å². The predicted octanol–water partition coefficient (Wildman–Crippen LogP) is 3.86. The van der Waals surface area contributed by atoms with Gasteiger partial charge in [0.15, 0.2) is 0 Å². The molecule has 0 amide bonds. The van der Waals surface area contributed by atoms with Crippen molar-refractivity contribution in [3.8, 4) is 11.1 Å². The number of esters is 1. The van der Waals surface area contributed by atoms with E-state index in [0.717, 1.165) is 30.4 Å². The number of ether oxygens (including phenoxy) is 1. The fourth-order valence-corrected chi connectivity index (χ4v) is 3.54. The van der Waals surface area contributed by atoms with Crippen LogP contribution >= 0.6 is 11.3 Å². The average molecular weight is 356 g/mol. The Morgan fingerprint density at radius 3 is 2.80 bits per heavy atom. The first kappa shape index (κ1) is 17.4. The molecule has 1 aromatic carbocycles. The molecule has 0 unspecified atom stereocenters. The van der Waals surface area contributed by atoms with E-state index in [1.165, 1.54) is 22.2 Å². The molecule has 0 radical (unpaired) electrons. The summed E-state index contributed by atoms with van der Waals surface area (Å²) in [6.07, 6.45) is 4.36. The van der Waals surface area contributed by atoms with E-state index in [1.807, 2.05) is 35.7 Å². The third kappa shape index (κ3) is 3.96. The van der Waals surface area contributed by atoms with Gasteiger partial charge in [0.2, 0.25) is 0 Å². The summed E-state index contributed by atoms with van der Waals surface area (Å²) in [5.41, 5.74) is 1.60. The molecule has 0 saturated carbocycles. The van der Waals surface area contributed by atoms with Crippen molar-refractivity contribution in [3.63, 3.8) is 0 Å². The summed E-state index contributed by atoms with van der Waals surface area (Å²) < 4.78 is 6.51. The molecule has 0 aliphatic heterocycles. The van der Waals surface area contributed by atoms with E-state index in [0.29, 0.717) is 16.8 Å². The lowest BCUT2D eigenvalue weighted by molar-refractivity contribution is -0.144. The van der Waals surface area contributed by atoms with Crippen molar-refractivity contribution in [2.75, 3.05) is 6.61 Å². The number of unbranched alkanes of at least 4 members (excludes halogenated alkanes) is 2. The molecule has 5 nitrogen and oxygen atoms in total. The number of aromatic nitrogens is 2. The van der Waals surface area contributed by atoms with Gasteiger partial charge in [-0.2, -0.15) is 0 Å². The molecular weight excluding hydrogens is 336 g/mol. The smallest absolute Gasteiger partial charge is 0.326 e. The highest BCUT2D eigenvalue weighted by Gasteiger charge is 2.14. The summed E-state index contributed by atoms with van der Waals surface area (Å²) in [5.74, 6) is -0.407. The fourth-order valence-electron chi connectivity index (χ4n) is 2.63. The van der Waals surface area contributed by atoms with Crippen LogP contribution in [0.4, 0.5) is 0 Å². The van der Waals surface area contributed by atoms with Crippen LogP contribution in [0.15, 0.2) is 46.8 Å². The van der Waals surface area contributed by atoms with Gasteiger partial charge in [-0.05, 0) is 12.0 Å². The number of benzene rings is 1. The molecule has 0 spiro atoms. The molecule has 3 rings (SSSR count). The number of hydrogen-bond donors (Lipinski definition) is 0. The third-order valence-electron chi connectivity index (χ3n) is 3.96. The van der Waals surface area contributed by atoms with Gasteiger partial charge in [-0.25, -0.2) is 4.98 Å². The summed E-state index contributed by atoms with van der Waals surface area (Å²) in [5, 5.41) is 2.49. The van der Waals surface area contributed by atoms with Crippen molar-refractivity contribution in [2.45, 2.75) is 32.7 Å². The first-order chi connectivity index (χ1) is 12.2. The van der Waals surface area contributed by atoms with Crippen molar-refractivity contribution in [1.82, 2.24) is 9.55 Å². The van der Waals surface area contributed by atoms with Crippen molar-refractivity contribution in [2.24, 2.45) is 0 Å². The second-order valence-corrected chi connectivity index (χ2v) is 6.66. The highest BCUT2D eigenvalue weighted by molar-refractivity contribution is 7.17. The Labute approximate surface area is 149 Å². The topological polar surface area (TPSA) is 61.2 Å². The number of thiophene rings is 1. The molecule has 0 atom stereocenters. The number of fused-ring (bicyclic) bond motifs is 1. The molecule has 0 aliphatic carbocycles. The van der Waals surface area contributed by atoms with Gasteiger partial charge >= 0.3 is 5.97 Å². The molecular formula is C19H20N2O3S. The predicted molar refractivity (Wildman–Crippen MR) is 99.8 cm³/mol. The van der Waals surface area contributed by atoms with Crippen molar-refractivity contribution in [3.05, 3.63) is 52.4 Å². The summed E-state index contributed by atoms with van der Waals surface area (Å²) in [4.78, 5) is 29.8. The molecule has 3 aromatic rings. The van der Waals surface area contributed by atoms with E-state index in [2.05, 4.69) is 11.9 Å². The molecule has 25 heavy (non-hydrogen) atoms. The molecule has 0 fully saturated rings. The lowest BCUT2D eigenvalue weighted by Crippen LogP contribution is -2.25. The van der Waals surface area contributed by atoms with Crippen LogP contribution < -0.4 is 5.56 Å². The Morgan fingerprint density at radius 2 is 2.04 bits per heavy atom. The first-order valence-corrected chi connectivity index (χ1v) is 9.26. The van der Waals surface area contributed by atoms with Crippen molar-refractivity contribution >= 4 is 27.5 Å². The van der Waals surface area contributed by atoms with E-state index in [1.54, 1.807) is 0 Å². The maximum atomic E-state index is 12.8. The van der Waals surface area contributed by atoms with Gasteiger partial charge in [0.05, 0.1) is 18.3 Å². The van der Waals surface area contributed by atoms with E-state index < -0.39 is 5.97 Å². The van der Waals surface area contributed by atoms with Crippen LogP contribution in [0.2, 0.25) is 0 Å². The van der Waals surface area contributed by atoms with Gasteiger partial charge in [-0.3, -0.25) is 14.2 Å². The van der Waals surface area contributed by atoms with Crippen molar-refractivity contribution in [1.29, 1.82) is 0 Å². The Hall–Kier alpha value is -2.47. The molecule has 0 bridgehead atoms. The number of carbonyl (C=O) groups is 1. The number of carbonyl (C=O) groups excluding carboxylic acids is 1. The Bertz CT molecular complexity index is 915. The summed E-state index contributed by atoms with van der Waals surface area (Å²) in [6.45, 7) is 2.37. The zero-order valence-electron chi connectivity index (χ0n) is 14.1. The normalized spacial score (nSPS) is 10.9. The van der Waals surface area contributed by atoms with Crippen LogP contribution in [0.3, 0.4) is 0 Å². The lowest BCUT2D eigenvalue weighted by Gasteiger charge is -2.07. The number of rotatable bonds is 7. The summed E-state index contributed by atoms with van der Waals surface area (Å²) in [7, 11) is 0. The first-order valence-electron chi connectivity index (χ1n) is 8.38. The standard InChI is InChI=1S/C19H20N2O3S/c1-2-3-7-10-24-16(22)11-21-13-20-18-17(19(21)23)15(12-25-18)14-8-5-4-6-9-14/h4-6,8-9,12-13H,2-3,7,10-11H2,1H3. The van der Waals surface area contributed by atoms with Gasteiger partial charge in [-0.15, -0.1) is 11.3 Å². The molecule has 2 heterocycles. The molecule has 0 N–H and O–H groups in total. The fraction of sp³-hybridized carbons (Fsp3) is 0.316. The van der Waals surface area contributed by atoms with Gasteiger partial charge < -0.3 is 4.74 Å². The largest absolute Gasteiger partial charge is 0.464 e. The molecule has 0 saturated heterocycles. The monoisotopic (exact) mass is 356 g/mol. The lowest BCUT2D eigenvalue weighted by atomic mass is 10.1. The third-order valence-corrected chi connectivity index (χ3v) is 4.84. The minimum absolute atomic E-state index is 0.113. The van der Waals surface area contributed by atoms with E-state index >= 15 is 0 Å². The second kappa shape index (κ2) is 8.07. The highest BCUT2D eigenvalue weighted by Crippen LogP contribution is 2.30. The Balaban J connectivity index is 1.85. The Morgan fingerprint density at radius 1 is 1.24 bits per heavy atom. The summed E-state index contributed by atoms with van der Waals surface area (Å²) in [6, 6.07) is 9.71. The minimum Gasteiger partial charge on any atom is -0.464 e. The average Bonchev–Trinajstić information content (AvgIpc) is 3.07. The van der Waals surface area contributed by atoms with Crippen LogP contribution in [0, 0.1) is 0 Å². The number of hydrogen-bond acceptors (Lipinski definition) is 5. The van der Waals surface area contributed by atoms with Gasteiger partial charge in [0.1, 0.15) is 11.4 Å². The maximum absolute atomic E-state index is 12.8. The van der Waals surface area contributed by atoms with Crippen LogP contribution in [-0.2, 0) is 16.1 Å². The van der Waals surface area contributed by atoms with Crippen molar-refractivity contribution < 1.29 is 9.53 Å². The van der Waals surface area contributed by atoms with Crippen LogP contribution in [0.5, 0.6) is 0 Å².